The molecule has 1 unspecified atom stereocenters. The van der Waals surface area contributed by atoms with Crippen molar-refractivity contribution in [2.24, 2.45) is 0 Å². The van der Waals surface area contributed by atoms with E-state index in [-0.39, 0.29) is 6.10 Å². The Bertz CT molecular complexity index is 495. The number of nitrogens with zero attached hydrogens (tertiary/aromatic N) is 4. The first kappa shape index (κ1) is 12.6. The highest BCUT2D eigenvalue weighted by atomic mass is 16.5. The number of benzene rings is 1. The summed E-state index contributed by atoms with van der Waals surface area (Å²) in [6.07, 6.45) is 0.0965. The molecule has 18 heavy (non-hydrogen) atoms. The summed E-state index contributed by atoms with van der Waals surface area (Å²) in [6.45, 7) is 6.49. The molecule has 0 aliphatic heterocycles. The van der Waals surface area contributed by atoms with E-state index < -0.39 is 0 Å². The lowest BCUT2D eigenvalue weighted by molar-refractivity contribution is 0.0764. The van der Waals surface area contributed by atoms with E-state index in [1.165, 1.54) is 0 Å². The minimum Gasteiger partial charge on any atom is -0.374 e. The van der Waals surface area contributed by atoms with Crippen molar-refractivity contribution in [1.82, 2.24) is 20.4 Å². The largest absolute Gasteiger partial charge is 0.374 e. The highest BCUT2D eigenvalue weighted by Crippen LogP contribution is 2.20. The second-order valence-electron chi connectivity index (χ2n) is 3.99. The summed E-state index contributed by atoms with van der Waals surface area (Å²) in [7, 11) is 0. The van der Waals surface area contributed by atoms with Gasteiger partial charge in [0.1, 0.15) is 0 Å². The van der Waals surface area contributed by atoms with Crippen molar-refractivity contribution in [2.75, 3.05) is 6.61 Å². The molecule has 0 fully saturated rings. The quantitative estimate of drug-likeness (QED) is 0.826. The van der Waals surface area contributed by atoms with Gasteiger partial charge in [-0.05, 0) is 26.3 Å². The lowest BCUT2D eigenvalue weighted by atomic mass is 10.1. The molecular weight excluding hydrogens is 228 g/mol. The summed E-state index contributed by atoms with van der Waals surface area (Å²) in [5, 5.41) is 15.8. The Labute approximate surface area is 106 Å². The maximum Gasteiger partial charge on any atom is 0.203 e. The van der Waals surface area contributed by atoms with Crippen LogP contribution in [0.25, 0.3) is 11.4 Å². The Kier molecular flexibility index (Phi) is 3.94. The predicted octanol–water partition coefficient (Wildman–Crippen LogP) is 2.34. The third-order valence-electron chi connectivity index (χ3n) is 2.63. The normalized spacial score (nSPS) is 12.4. The first-order valence-electron chi connectivity index (χ1n) is 5.96. The standard InChI is InChI=1S/C13H16N4O/c1-4-18-9(2)11-5-7-12(8-6-11)13-16-14-10(3)15-17-13/h5-9H,4H2,1-3H3. The van der Waals surface area contributed by atoms with Crippen LogP contribution >= 0.6 is 0 Å². The van der Waals surface area contributed by atoms with E-state index in [1.54, 1.807) is 6.92 Å². The maximum absolute atomic E-state index is 5.53. The summed E-state index contributed by atoms with van der Waals surface area (Å²) in [5.41, 5.74) is 2.04. The molecule has 0 N–H and O–H groups in total. The average Bonchev–Trinajstić information content (AvgIpc) is 2.40. The van der Waals surface area contributed by atoms with Crippen molar-refractivity contribution >= 4 is 0 Å². The Morgan fingerprint density at radius 1 is 1.06 bits per heavy atom. The van der Waals surface area contributed by atoms with Gasteiger partial charge >= 0.3 is 0 Å². The van der Waals surface area contributed by atoms with E-state index in [0.717, 1.165) is 11.1 Å². The second-order valence-corrected chi connectivity index (χ2v) is 3.99. The molecule has 5 heteroatoms. The van der Waals surface area contributed by atoms with E-state index in [1.807, 2.05) is 38.1 Å². The number of ether oxygens (including phenoxy) is 1. The van der Waals surface area contributed by atoms with Gasteiger partial charge in [-0.25, -0.2) is 0 Å². The molecule has 0 aliphatic carbocycles. The highest BCUT2D eigenvalue weighted by molar-refractivity contribution is 5.54. The molecule has 0 saturated carbocycles. The van der Waals surface area contributed by atoms with Crippen LogP contribution < -0.4 is 0 Å². The van der Waals surface area contributed by atoms with Crippen LogP contribution in [0.2, 0.25) is 0 Å². The second kappa shape index (κ2) is 5.64. The van der Waals surface area contributed by atoms with E-state index in [4.69, 9.17) is 4.74 Å². The van der Waals surface area contributed by atoms with Crippen LogP contribution in [0.5, 0.6) is 0 Å². The van der Waals surface area contributed by atoms with Crippen LogP contribution in [0.1, 0.15) is 31.3 Å². The van der Waals surface area contributed by atoms with Crippen LogP contribution in [0.3, 0.4) is 0 Å². The van der Waals surface area contributed by atoms with Gasteiger partial charge in [-0.2, -0.15) is 0 Å². The number of rotatable bonds is 4. The minimum atomic E-state index is 0.0965. The molecule has 0 bridgehead atoms. The molecule has 94 valence electrons. The Balaban J connectivity index is 2.19. The molecule has 0 spiro atoms. The number of aromatic nitrogens is 4. The fourth-order valence-electron chi connectivity index (χ4n) is 1.64. The predicted molar refractivity (Wildman–Crippen MR) is 67.8 cm³/mol. The zero-order valence-corrected chi connectivity index (χ0v) is 10.8. The Morgan fingerprint density at radius 2 is 1.67 bits per heavy atom. The molecule has 2 rings (SSSR count). The smallest absolute Gasteiger partial charge is 0.203 e. The van der Waals surface area contributed by atoms with Gasteiger partial charge in [-0.1, -0.05) is 24.3 Å². The fourth-order valence-corrected chi connectivity index (χ4v) is 1.64. The molecule has 0 saturated heterocycles. The van der Waals surface area contributed by atoms with Crippen LogP contribution in [0.15, 0.2) is 24.3 Å². The summed E-state index contributed by atoms with van der Waals surface area (Å²) < 4.78 is 5.53. The lowest BCUT2D eigenvalue weighted by Gasteiger charge is -2.11. The van der Waals surface area contributed by atoms with Gasteiger partial charge in [0.2, 0.25) is 5.82 Å². The summed E-state index contributed by atoms with van der Waals surface area (Å²) in [5.74, 6) is 1.11. The van der Waals surface area contributed by atoms with Crippen LogP contribution in [0, 0.1) is 6.92 Å². The Morgan fingerprint density at radius 3 is 2.22 bits per heavy atom. The van der Waals surface area contributed by atoms with Crippen molar-refractivity contribution in [2.45, 2.75) is 26.9 Å². The molecule has 1 heterocycles. The first-order chi connectivity index (χ1) is 8.70. The van der Waals surface area contributed by atoms with Crippen LogP contribution in [0.4, 0.5) is 0 Å². The zero-order valence-electron chi connectivity index (χ0n) is 10.8. The van der Waals surface area contributed by atoms with Gasteiger partial charge in [0.15, 0.2) is 5.82 Å². The Hall–Kier alpha value is -1.88. The van der Waals surface area contributed by atoms with Gasteiger partial charge < -0.3 is 4.74 Å². The minimum absolute atomic E-state index is 0.0965. The number of hydrogen-bond donors (Lipinski definition) is 0. The summed E-state index contributed by atoms with van der Waals surface area (Å²) >= 11 is 0. The van der Waals surface area contributed by atoms with E-state index in [0.29, 0.717) is 18.3 Å². The fraction of sp³-hybridized carbons (Fsp3) is 0.385. The summed E-state index contributed by atoms with van der Waals surface area (Å²) in [6, 6.07) is 7.94. The highest BCUT2D eigenvalue weighted by Gasteiger charge is 2.07. The third kappa shape index (κ3) is 2.87. The molecule has 1 atom stereocenters. The third-order valence-corrected chi connectivity index (χ3v) is 2.63. The van der Waals surface area contributed by atoms with E-state index >= 15 is 0 Å². The molecule has 1 aromatic heterocycles. The van der Waals surface area contributed by atoms with Gasteiger partial charge in [0.25, 0.3) is 0 Å². The monoisotopic (exact) mass is 244 g/mol. The molecule has 2 aromatic rings. The van der Waals surface area contributed by atoms with E-state index in [9.17, 15) is 0 Å². The molecule has 1 aromatic carbocycles. The zero-order chi connectivity index (χ0) is 13.0. The van der Waals surface area contributed by atoms with Crippen molar-refractivity contribution in [1.29, 1.82) is 0 Å². The number of hydrogen-bond acceptors (Lipinski definition) is 5. The van der Waals surface area contributed by atoms with Gasteiger partial charge in [0, 0.05) is 12.2 Å². The van der Waals surface area contributed by atoms with Crippen LogP contribution in [-0.4, -0.2) is 27.0 Å². The molecule has 0 amide bonds. The maximum atomic E-state index is 5.53. The van der Waals surface area contributed by atoms with Crippen molar-refractivity contribution in [3.05, 3.63) is 35.7 Å². The lowest BCUT2D eigenvalue weighted by Crippen LogP contribution is -2.00. The molecular formula is C13H16N4O. The van der Waals surface area contributed by atoms with Gasteiger partial charge in [-0.15, -0.1) is 20.4 Å². The van der Waals surface area contributed by atoms with Crippen molar-refractivity contribution in [3.63, 3.8) is 0 Å². The van der Waals surface area contributed by atoms with Crippen molar-refractivity contribution < 1.29 is 4.74 Å². The first-order valence-corrected chi connectivity index (χ1v) is 5.96. The topological polar surface area (TPSA) is 60.8 Å². The van der Waals surface area contributed by atoms with Crippen LogP contribution in [-0.2, 0) is 4.74 Å². The average molecular weight is 244 g/mol. The van der Waals surface area contributed by atoms with E-state index in [2.05, 4.69) is 20.4 Å². The van der Waals surface area contributed by atoms with Gasteiger partial charge in [0.05, 0.1) is 6.10 Å². The SMILES string of the molecule is CCOC(C)c1ccc(-c2nnc(C)nn2)cc1. The molecule has 0 aliphatic rings. The molecule has 5 nitrogen and oxygen atoms in total. The van der Waals surface area contributed by atoms with Crippen molar-refractivity contribution in [3.8, 4) is 11.4 Å². The summed E-state index contributed by atoms with van der Waals surface area (Å²) in [4.78, 5) is 0. The van der Waals surface area contributed by atoms with Gasteiger partial charge in [-0.3, -0.25) is 0 Å². The number of aryl methyl sites for hydroxylation is 1. The molecule has 0 radical (unpaired) electrons.